The van der Waals surface area contributed by atoms with Crippen LogP contribution in [-0.2, 0) is 28.9 Å². The summed E-state index contributed by atoms with van der Waals surface area (Å²) >= 11 is 3.10. The van der Waals surface area contributed by atoms with E-state index < -0.39 is 26.2 Å². The summed E-state index contributed by atoms with van der Waals surface area (Å²) in [7, 11) is -2.78. The van der Waals surface area contributed by atoms with Gasteiger partial charge in [-0.05, 0) is 90.0 Å². The summed E-state index contributed by atoms with van der Waals surface area (Å²) in [6.07, 6.45) is 2.18. The van der Waals surface area contributed by atoms with Gasteiger partial charge in [0.1, 0.15) is 16.4 Å². The number of halogens is 3. The Labute approximate surface area is 211 Å². The van der Waals surface area contributed by atoms with Crippen molar-refractivity contribution in [1.29, 1.82) is 0 Å². The molecule has 10 heteroatoms. The van der Waals surface area contributed by atoms with Crippen molar-refractivity contribution in [2.75, 3.05) is 20.2 Å². The first kappa shape index (κ1) is 25.8. The first-order valence-electron chi connectivity index (χ1n) is 11.4. The SMILES string of the molecule is COC(=O)C1CCC(C(=O)N2CC[C@](c3ccc(Br)c(F)c3)(S(=O)(=O)c3ccc(F)cc3)C2)CC1. The Morgan fingerprint density at radius 1 is 1.03 bits per heavy atom. The van der Waals surface area contributed by atoms with Crippen LogP contribution < -0.4 is 0 Å². The second-order valence-corrected chi connectivity index (χ2v) is 12.3. The Morgan fingerprint density at radius 3 is 2.26 bits per heavy atom. The van der Waals surface area contributed by atoms with Crippen molar-refractivity contribution in [2.45, 2.75) is 41.7 Å². The molecule has 35 heavy (non-hydrogen) atoms. The lowest BCUT2D eigenvalue weighted by atomic mass is 9.81. The maximum absolute atomic E-state index is 14.5. The highest BCUT2D eigenvalue weighted by atomic mass is 79.9. The molecular formula is C25H26BrF2NO5S. The second kappa shape index (κ2) is 9.97. The summed E-state index contributed by atoms with van der Waals surface area (Å²) in [5.41, 5.74) is 0.243. The fourth-order valence-electron chi connectivity index (χ4n) is 5.20. The normalized spacial score (nSPS) is 24.9. The Bertz CT molecular complexity index is 1230. The number of hydrogen-bond acceptors (Lipinski definition) is 5. The number of likely N-dealkylation sites (tertiary alicyclic amines) is 1. The lowest BCUT2D eigenvalue weighted by Gasteiger charge is -2.32. The summed E-state index contributed by atoms with van der Waals surface area (Å²) in [5.74, 6) is -2.17. The van der Waals surface area contributed by atoms with E-state index in [0.717, 1.165) is 12.1 Å². The van der Waals surface area contributed by atoms with Gasteiger partial charge in [-0.25, -0.2) is 17.2 Å². The number of ether oxygens (including phenoxy) is 1. The molecule has 6 nitrogen and oxygen atoms in total. The van der Waals surface area contributed by atoms with Crippen molar-refractivity contribution in [3.05, 3.63) is 64.1 Å². The Balaban J connectivity index is 1.65. The van der Waals surface area contributed by atoms with Gasteiger partial charge >= 0.3 is 5.97 Å². The Kier molecular flexibility index (Phi) is 7.33. The molecule has 2 aromatic carbocycles. The molecular weight excluding hydrogens is 544 g/mol. The van der Waals surface area contributed by atoms with E-state index in [4.69, 9.17) is 4.74 Å². The summed E-state index contributed by atoms with van der Waals surface area (Å²) in [4.78, 5) is 26.6. The van der Waals surface area contributed by atoms with Crippen LogP contribution >= 0.6 is 15.9 Å². The van der Waals surface area contributed by atoms with Crippen LogP contribution in [0.1, 0.15) is 37.7 Å². The number of amides is 1. The highest BCUT2D eigenvalue weighted by Gasteiger charge is 2.53. The minimum Gasteiger partial charge on any atom is -0.469 e. The first-order chi connectivity index (χ1) is 16.6. The van der Waals surface area contributed by atoms with Crippen molar-refractivity contribution >= 4 is 37.6 Å². The highest BCUT2D eigenvalue weighted by Crippen LogP contribution is 2.45. The number of esters is 1. The monoisotopic (exact) mass is 569 g/mol. The van der Waals surface area contributed by atoms with Gasteiger partial charge in [-0.1, -0.05) is 6.07 Å². The molecule has 0 radical (unpaired) electrons. The van der Waals surface area contributed by atoms with Gasteiger partial charge in [-0.2, -0.15) is 0 Å². The fourth-order valence-corrected chi connectivity index (χ4v) is 7.52. The largest absolute Gasteiger partial charge is 0.469 e. The van der Waals surface area contributed by atoms with Crippen LogP contribution in [0.5, 0.6) is 0 Å². The molecule has 1 saturated heterocycles. The summed E-state index contributed by atoms with van der Waals surface area (Å²) in [5, 5.41) is 0. The zero-order valence-corrected chi connectivity index (χ0v) is 21.6. The smallest absolute Gasteiger partial charge is 0.308 e. The van der Waals surface area contributed by atoms with Crippen LogP contribution in [0, 0.1) is 23.5 Å². The number of carbonyl (C=O) groups is 2. The van der Waals surface area contributed by atoms with Gasteiger partial charge in [0.15, 0.2) is 9.84 Å². The number of rotatable bonds is 5. The van der Waals surface area contributed by atoms with E-state index in [1.807, 2.05) is 0 Å². The van der Waals surface area contributed by atoms with Crippen LogP contribution in [0.25, 0.3) is 0 Å². The van der Waals surface area contributed by atoms with Crippen LogP contribution in [-0.4, -0.2) is 45.4 Å². The van der Waals surface area contributed by atoms with Gasteiger partial charge < -0.3 is 9.64 Å². The van der Waals surface area contributed by atoms with E-state index in [2.05, 4.69) is 15.9 Å². The van der Waals surface area contributed by atoms with Crippen molar-refractivity contribution in [1.82, 2.24) is 4.90 Å². The Hall–Kier alpha value is -2.33. The molecule has 1 amide bonds. The van der Waals surface area contributed by atoms with Crippen LogP contribution in [0.3, 0.4) is 0 Å². The van der Waals surface area contributed by atoms with Gasteiger partial charge in [0, 0.05) is 19.0 Å². The molecule has 0 aromatic heterocycles. The number of benzene rings is 2. The molecule has 0 bridgehead atoms. The average Bonchev–Trinajstić information content (AvgIpc) is 3.32. The third-order valence-electron chi connectivity index (χ3n) is 7.24. The predicted octanol–water partition coefficient (Wildman–Crippen LogP) is 4.61. The van der Waals surface area contributed by atoms with Gasteiger partial charge in [-0.3, -0.25) is 9.59 Å². The lowest BCUT2D eigenvalue weighted by Crippen LogP contribution is -2.43. The van der Waals surface area contributed by atoms with Crippen LogP contribution in [0.4, 0.5) is 8.78 Å². The second-order valence-electron chi connectivity index (χ2n) is 9.16. The number of sulfone groups is 1. The molecule has 0 spiro atoms. The first-order valence-corrected chi connectivity index (χ1v) is 13.7. The molecule has 1 aliphatic carbocycles. The molecule has 4 rings (SSSR count). The summed E-state index contributed by atoms with van der Waals surface area (Å²) in [6.45, 7) is 0.0530. The number of nitrogens with zero attached hydrogens (tertiary/aromatic N) is 1. The molecule has 0 unspecified atom stereocenters. The minimum absolute atomic E-state index is 0.0804. The van der Waals surface area contributed by atoms with E-state index >= 15 is 0 Å². The molecule has 188 valence electrons. The summed E-state index contributed by atoms with van der Waals surface area (Å²) < 4.78 is 59.3. The van der Waals surface area contributed by atoms with Gasteiger partial charge in [-0.15, -0.1) is 0 Å². The molecule has 1 saturated carbocycles. The minimum atomic E-state index is -4.12. The molecule has 2 aromatic rings. The highest BCUT2D eigenvalue weighted by molar-refractivity contribution is 9.10. The number of methoxy groups -OCH3 is 1. The molecule has 2 fully saturated rings. The number of hydrogen-bond donors (Lipinski definition) is 0. The van der Waals surface area contributed by atoms with Crippen molar-refractivity contribution < 1.29 is 31.5 Å². The van der Waals surface area contributed by atoms with E-state index in [9.17, 15) is 26.8 Å². The van der Waals surface area contributed by atoms with Gasteiger partial charge in [0.05, 0.1) is 22.4 Å². The van der Waals surface area contributed by atoms with Crippen molar-refractivity contribution in [3.63, 3.8) is 0 Å². The Morgan fingerprint density at radius 2 is 1.66 bits per heavy atom. The van der Waals surface area contributed by atoms with E-state index in [1.165, 1.54) is 36.3 Å². The zero-order chi connectivity index (χ0) is 25.4. The predicted molar refractivity (Wildman–Crippen MR) is 128 cm³/mol. The molecule has 1 aliphatic heterocycles. The van der Waals surface area contributed by atoms with E-state index in [0.29, 0.717) is 25.7 Å². The zero-order valence-electron chi connectivity index (χ0n) is 19.2. The van der Waals surface area contributed by atoms with Crippen molar-refractivity contribution in [2.24, 2.45) is 11.8 Å². The summed E-state index contributed by atoms with van der Waals surface area (Å²) in [6, 6.07) is 8.71. The van der Waals surface area contributed by atoms with Crippen LogP contribution in [0.2, 0.25) is 0 Å². The molecule has 2 aliphatic rings. The third kappa shape index (κ3) is 4.74. The van der Waals surface area contributed by atoms with E-state index in [1.54, 1.807) is 6.07 Å². The quantitative estimate of drug-likeness (QED) is 0.388. The van der Waals surface area contributed by atoms with Crippen molar-refractivity contribution in [3.8, 4) is 0 Å². The topological polar surface area (TPSA) is 80.8 Å². The fraction of sp³-hybridized carbons (Fsp3) is 0.440. The maximum atomic E-state index is 14.5. The third-order valence-corrected chi connectivity index (χ3v) is 10.4. The standard InChI is InChI=1S/C25H26BrF2NO5S/c1-34-24(31)17-4-2-16(3-5-17)23(30)29-13-12-25(15-29,18-6-11-21(26)22(28)14-18)35(32,33)20-9-7-19(27)8-10-20/h6-11,14,16-17H,2-5,12-13,15H2,1H3/t16?,17?,25-/m0/s1. The van der Waals surface area contributed by atoms with Gasteiger partial charge in [0.25, 0.3) is 0 Å². The molecule has 0 N–H and O–H groups in total. The average molecular weight is 570 g/mol. The number of carbonyl (C=O) groups excluding carboxylic acids is 2. The molecule has 1 atom stereocenters. The molecule has 1 heterocycles. The van der Waals surface area contributed by atoms with Gasteiger partial charge in [0.2, 0.25) is 5.91 Å². The lowest BCUT2D eigenvalue weighted by molar-refractivity contribution is -0.148. The maximum Gasteiger partial charge on any atom is 0.308 e. The van der Waals surface area contributed by atoms with E-state index in [-0.39, 0.29) is 58.2 Å². The van der Waals surface area contributed by atoms with Crippen LogP contribution in [0.15, 0.2) is 51.8 Å².